The lowest BCUT2D eigenvalue weighted by molar-refractivity contribution is -0.00834. The summed E-state index contributed by atoms with van der Waals surface area (Å²) in [5, 5.41) is 6.25. The molecule has 2 aromatic carbocycles. The summed E-state index contributed by atoms with van der Waals surface area (Å²) in [5.74, 6) is 0.902. The SMILES string of the molecule is CCNC(=NCc1ccc(NC(=O)c2ccco2)cc1)N1CCOC(c2ccccc2C)C1.I. The van der Waals surface area contributed by atoms with Gasteiger partial charge in [0.05, 0.1) is 26.0 Å². The maximum atomic E-state index is 12.1. The Bertz CT molecular complexity index is 1080. The molecule has 1 atom stereocenters. The Kier molecular flexibility index (Phi) is 9.52. The molecule has 1 aliphatic heterocycles. The molecule has 1 aliphatic rings. The number of hydrogen-bond donors (Lipinski definition) is 2. The van der Waals surface area contributed by atoms with Gasteiger partial charge in [-0.15, -0.1) is 24.0 Å². The molecule has 2 heterocycles. The fraction of sp³-hybridized carbons (Fsp3) is 0.308. The topological polar surface area (TPSA) is 79.1 Å². The van der Waals surface area contributed by atoms with Gasteiger partial charge in [0, 0.05) is 18.8 Å². The van der Waals surface area contributed by atoms with Crippen LogP contribution < -0.4 is 10.6 Å². The first-order valence-corrected chi connectivity index (χ1v) is 11.3. The van der Waals surface area contributed by atoms with E-state index in [9.17, 15) is 4.79 Å². The van der Waals surface area contributed by atoms with Crippen molar-refractivity contribution in [3.63, 3.8) is 0 Å². The Balaban J connectivity index is 0.00000324. The van der Waals surface area contributed by atoms with Crippen LogP contribution in [0.5, 0.6) is 0 Å². The third kappa shape index (κ3) is 6.60. The minimum atomic E-state index is -0.268. The van der Waals surface area contributed by atoms with E-state index in [2.05, 4.69) is 53.6 Å². The maximum Gasteiger partial charge on any atom is 0.291 e. The highest BCUT2D eigenvalue weighted by molar-refractivity contribution is 14.0. The number of nitrogens with zero attached hydrogens (tertiary/aromatic N) is 2. The number of aliphatic imine (C=N–C) groups is 1. The molecule has 1 saturated heterocycles. The van der Waals surface area contributed by atoms with Crippen molar-refractivity contribution in [2.75, 3.05) is 31.6 Å². The maximum absolute atomic E-state index is 12.1. The number of benzene rings is 2. The van der Waals surface area contributed by atoms with Crippen molar-refractivity contribution < 1.29 is 13.9 Å². The van der Waals surface area contributed by atoms with Crippen molar-refractivity contribution in [1.82, 2.24) is 10.2 Å². The monoisotopic (exact) mass is 574 g/mol. The van der Waals surface area contributed by atoms with Crippen LogP contribution in [0.1, 0.15) is 40.3 Å². The minimum absolute atomic E-state index is 0. The molecule has 2 N–H and O–H groups in total. The minimum Gasteiger partial charge on any atom is -0.459 e. The van der Waals surface area contributed by atoms with Crippen LogP contribution >= 0.6 is 24.0 Å². The zero-order valence-corrected chi connectivity index (χ0v) is 21.8. The van der Waals surface area contributed by atoms with E-state index in [1.807, 2.05) is 24.3 Å². The molecule has 180 valence electrons. The quantitative estimate of drug-likeness (QED) is 0.246. The van der Waals surface area contributed by atoms with Gasteiger partial charge in [-0.1, -0.05) is 36.4 Å². The van der Waals surface area contributed by atoms with E-state index in [0.29, 0.717) is 18.8 Å². The van der Waals surface area contributed by atoms with Gasteiger partial charge in [-0.05, 0) is 54.8 Å². The van der Waals surface area contributed by atoms with Crippen molar-refractivity contribution in [2.45, 2.75) is 26.5 Å². The molecule has 3 aromatic rings. The number of ether oxygens (including phenoxy) is 1. The first-order valence-electron chi connectivity index (χ1n) is 11.3. The lowest BCUT2D eigenvalue weighted by atomic mass is 10.0. The van der Waals surface area contributed by atoms with Gasteiger partial charge in [0.25, 0.3) is 5.91 Å². The molecule has 1 amide bonds. The second-order valence-corrected chi connectivity index (χ2v) is 7.96. The highest BCUT2D eigenvalue weighted by Gasteiger charge is 2.25. The van der Waals surface area contributed by atoms with Crippen molar-refractivity contribution in [3.05, 3.63) is 89.4 Å². The van der Waals surface area contributed by atoms with E-state index in [-0.39, 0.29) is 41.7 Å². The summed E-state index contributed by atoms with van der Waals surface area (Å²) >= 11 is 0. The number of aryl methyl sites for hydroxylation is 1. The third-order valence-corrected chi connectivity index (χ3v) is 5.60. The molecule has 34 heavy (non-hydrogen) atoms. The van der Waals surface area contributed by atoms with Crippen molar-refractivity contribution in [2.24, 2.45) is 4.99 Å². The molecule has 7 nitrogen and oxygen atoms in total. The largest absolute Gasteiger partial charge is 0.459 e. The summed E-state index contributed by atoms with van der Waals surface area (Å²) in [6.45, 7) is 7.75. The van der Waals surface area contributed by atoms with Crippen LogP contribution in [-0.4, -0.2) is 43.0 Å². The van der Waals surface area contributed by atoms with Gasteiger partial charge < -0.3 is 24.7 Å². The van der Waals surface area contributed by atoms with E-state index < -0.39 is 0 Å². The van der Waals surface area contributed by atoms with Gasteiger partial charge >= 0.3 is 0 Å². The standard InChI is InChI=1S/C26H30N4O3.HI/c1-3-27-26(30-14-16-33-24(18-30)22-8-5-4-7-19(22)2)28-17-20-10-12-21(13-11-20)29-25(31)23-9-6-15-32-23;/h4-13,15,24H,3,14,16-18H2,1-2H3,(H,27,28)(H,29,31);1H. The Hall–Kier alpha value is -2.85. The fourth-order valence-electron chi connectivity index (χ4n) is 3.86. The molecule has 4 rings (SSSR count). The van der Waals surface area contributed by atoms with Gasteiger partial charge in [0.15, 0.2) is 11.7 Å². The lowest BCUT2D eigenvalue weighted by Crippen LogP contribution is -2.48. The van der Waals surface area contributed by atoms with E-state index in [4.69, 9.17) is 14.1 Å². The van der Waals surface area contributed by atoms with E-state index >= 15 is 0 Å². The average molecular weight is 574 g/mol. The molecule has 0 radical (unpaired) electrons. The van der Waals surface area contributed by atoms with E-state index in [1.54, 1.807) is 12.1 Å². The molecule has 0 aliphatic carbocycles. The van der Waals surface area contributed by atoms with Crippen molar-refractivity contribution in [3.8, 4) is 0 Å². The van der Waals surface area contributed by atoms with Crippen LogP contribution in [0.3, 0.4) is 0 Å². The zero-order chi connectivity index (χ0) is 23.0. The molecule has 1 aromatic heterocycles. The smallest absolute Gasteiger partial charge is 0.291 e. The van der Waals surface area contributed by atoms with Crippen molar-refractivity contribution >= 4 is 41.5 Å². The molecule has 8 heteroatoms. The molecule has 0 saturated carbocycles. The second-order valence-electron chi connectivity index (χ2n) is 7.96. The van der Waals surface area contributed by atoms with Crippen LogP contribution in [0.2, 0.25) is 0 Å². The molecule has 1 fully saturated rings. The number of guanidine groups is 1. The zero-order valence-electron chi connectivity index (χ0n) is 19.5. The Morgan fingerprint density at radius 1 is 1.12 bits per heavy atom. The number of furan rings is 1. The fourth-order valence-corrected chi connectivity index (χ4v) is 3.86. The number of rotatable bonds is 6. The third-order valence-electron chi connectivity index (χ3n) is 5.60. The number of carbonyl (C=O) groups excluding carboxylic acids is 1. The van der Waals surface area contributed by atoms with Crippen LogP contribution in [0.25, 0.3) is 0 Å². The highest BCUT2D eigenvalue weighted by atomic mass is 127. The molecular formula is C26H31IN4O3. The van der Waals surface area contributed by atoms with E-state index in [0.717, 1.165) is 31.2 Å². The molecule has 0 spiro atoms. The van der Waals surface area contributed by atoms with Gasteiger partial charge in [0.2, 0.25) is 0 Å². The first-order chi connectivity index (χ1) is 16.1. The summed E-state index contributed by atoms with van der Waals surface area (Å²) in [6, 6.07) is 19.4. The van der Waals surface area contributed by atoms with Crippen LogP contribution in [0.15, 0.2) is 76.3 Å². The van der Waals surface area contributed by atoms with E-state index in [1.165, 1.54) is 17.4 Å². The van der Waals surface area contributed by atoms with Crippen LogP contribution in [-0.2, 0) is 11.3 Å². The predicted molar refractivity (Wildman–Crippen MR) is 145 cm³/mol. The van der Waals surface area contributed by atoms with Gasteiger partial charge in [0.1, 0.15) is 6.10 Å². The highest BCUT2D eigenvalue weighted by Crippen LogP contribution is 2.25. The normalized spacial score (nSPS) is 16.0. The molecule has 1 unspecified atom stereocenters. The first kappa shape index (κ1) is 25.8. The second kappa shape index (κ2) is 12.6. The summed E-state index contributed by atoms with van der Waals surface area (Å²) < 4.78 is 11.2. The number of carbonyl (C=O) groups is 1. The van der Waals surface area contributed by atoms with Crippen molar-refractivity contribution in [1.29, 1.82) is 0 Å². The van der Waals surface area contributed by atoms with Gasteiger partial charge in [-0.2, -0.15) is 0 Å². The van der Waals surface area contributed by atoms with Crippen LogP contribution in [0, 0.1) is 6.92 Å². The summed E-state index contributed by atoms with van der Waals surface area (Å²) in [7, 11) is 0. The Morgan fingerprint density at radius 2 is 1.91 bits per heavy atom. The van der Waals surface area contributed by atoms with Gasteiger partial charge in [-0.25, -0.2) is 4.99 Å². The molecule has 0 bridgehead atoms. The Morgan fingerprint density at radius 3 is 2.62 bits per heavy atom. The number of hydrogen-bond acceptors (Lipinski definition) is 4. The number of morpholine rings is 1. The number of nitrogens with one attached hydrogen (secondary N) is 2. The molecular weight excluding hydrogens is 543 g/mol. The summed E-state index contributed by atoms with van der Waals surface area (Å²) in [5.41, 5.74) is 4.24. The summed E-state index contributed by atoms with van der Waals surface area (Å²) in [4.78, 5) is 19.3. The van der Waals surface area contributed by atoms with Gasteiger partial charge in [-0.3, -0.25) is 4.79 Å². The Labute approximate surface area is 217 Å². The van der Waals surface area contributed by atoms with Crippen LogP contribution in [0.4, 0.5) is 5.69 Å². The number of halogens is 1. The average Bonchev–Trinajstić information content (AvgIpc) is 3.38. The lowest BCUT2D eigenvalue weighted by Gasteiger charge is -2.35. The number of amides is 1. The predicted octanol–water partition coefficient (Wildman–Crippen LogP) is 5.00. The number of anilines is 1. The summed E-state index contributed by atoms with van der Waals surface area (Å²) in [6.07, 6.45) is 1.51.